The first kappa shape index (κ1) is 16.9. The zero-order valence-electron chi connectivity index (χ0n) is 11.4. The van der Waals surface area contributed by atoms with E-state index in [9.17, 15) is 17.5 Å². The molecule has 0 saturated carbocycles. The molecule has 2 aromatic rings. The third-order valence-electron chi connectivity index (χ3n) is 3.30. The van der Waals surface area contributed by atoms with Gasteiger partial charge in [-0.1, -0.05) is 24.3 Å². The van der Waals surface area contributed by atoms with Crippen LogP contribution in [-0.4, -0.2) is 17.5 Å². The van der Waals surface area contributed by atoms with Crippen LogP contribution >= 0.6 is 0 Å². The van der Waals surface area contributed by atoms with Gasteiger partial charge in [-0.2, -0.15) is 0 Å². The highest BCUT2D eigenvalue weighted by atomic mass is 32.2. The van der Waals surface area contributed by atoms with E-state index in [1.807, 2.05) is 0 Å². The maximum absolute atomic E-state index is 10.8. The first-order valence-corrected chi connectivity index (χ1v) is 8.44. The lowest BCUT2D eigenvalue weighted by Crippen LogP contribution is -2.26. The predicted molar refractivity (Wildman–Crippen MR) is 81.1 cm³/mol. The van der Waals surface area contributed by atoms with Crippen LogP contribution in [0, 0.1) is 0 Å². The SMILES string of the molecule is NC(c1ccc(S(=O)[O-])cc1)C(N)c1ccc(S(=O)[O-])cc1. The number of nitrogens with two attached hydrogens (primary N) is 2. The fraction of sp³-hybridized carbons (Fsp3) is 0.143. The fourth-order valence-corrected chi connectivity index (χ4v) is 2.73. The zero-order valence-corrected chi connectivity index (χ0v) is 13.0. The lowest BCUT2D eigenvalue weighted by Gasteiger charge is -2.21. The molecule has 4 atom stereocenters. The van der Waals surface area contributed by atoms with Crippen LogP contribution in [0.25, 0.3) is 0 Å². The summed E-state index contributed by atoms with van der Waals surface area (Å²) in [5, 5.41) is 0. The summed E-state index contributed by atoms with van der Waals surface area (Å²) in [7, 11) is 0. The van der Waals surface area contributed by atoms with Gasteiger partial charge in [0.15, 0.2) is 0 Å². The fourth-order valence-electron chi connectivity index (χ4n) is 2.02. The first-order valence-electron chi connectivity index (χ1n) is 6.29. The zero-order chi connectivity index (χ0) is 16.3. The van der Waals surface area contributed by atoms with Crippen molar-refractivity contribution >= 4 is 22.2 Å². The summed E-state index contributed by atoms with van der Waals surface area (Å²) in [6.07, 6.45) is 0. The Hall–Kier alpha value is -1.42. The van der Waals surface area contributed by atoms with E-state index >= 15 is 0 Å². The van der Waals surface area contributed by atoms with Gasteiger partial charge in [0.1, 0.15) is 0 Å². The van der Waals surface area contributed by atoms with Gasteiger partial charge in [-0.05, 0) is 57.6 Å². The minimum atomic E-state index is -2.28. The van der Waals surface area contributed by atoms with Gasteiger partial charge in [0, 0.05) is 21.9 Å². The molecule has 6 nitrogen and oxygen atoms in total. The molecule has 0 aliphatic carbocycles. The summed E-state index contributed by atoms with van der Waals surface area (Å²) in [5.74, 6) is 0. The van der Waals surface area contributed by atoms with Crippen molar-refractivity contribution in [1.82, 2.24) is 0 Å². The summed E-state index contributed by atoms with van der Waals surface area (Å²) in [6.45, 7) is 0. The Morgan fingerprint density at radius 2 is 0.955 bits per heavy atom. The first-order chi connectivity index (χ1) is 10.4. The van der Waals surface area contributed by atoms with E-state index in [1.165, 1.54) is 24.3 Å². The maximum Gasteiger partial charge on any atom is 0.0491 e. The largest absolute Gasteiger partial charge is 0.768 e. The van der Waals surface area contributed by atoms with Crippen molar-refractivity contribution in [2.24, 2.45) is 11.5 Å². The number of hydrogen-bond donors (Lipinski definition) is 2. The van der Waals surface area contributed by atoms with E-state index in [0.717, 1.165) is 0 Å². The van der Waals surface area contributed by atoms with E-state index in [2.05, 4.69) is 0 Å². The Balaban J connectivity index is 2.18. The quantitative estimate of drug-likeness (QED) is 0.777. The van der Waals surface area contributed by atoms with E-state index in [0.29, 0.717) is 11.1 Å². The average Bonchev–Trinajstić information content (AvgIpc) is 2.53. The van der Waals surface area contributed by atoms with E-state index in [1.54, 1.807) is 24.3 Å². The molecule has 0 fully saturated rings. The lowest BCUT2D eigenvalue weighted by molar-refractivity contribution is 0.535. The Morgan fingerprint density at radius 3 is 1.18 bits per heavy atom. The number of benzene rings is 2. The monoisotopic (exact) mass is 338 g/mol. The molecule has 2 rings (SSSR count). The summed E-state index contributed by atoms with van der Waals surface area (Å²) in [5.41, 5.74) is 13.6. The molecule has 2 aromatic carbocycles. The highest BCUT2D eigenvalue weighted by Crippen LogP contribution is 2.25. The molecular weight excluding hydrogens is 324 g/mol. The minimum absolute atomic E-state index is 0.173. The summed E-state index contributed by atoms with van der Waals surface area (Å²) in [4.78, 5) is 0.346. The van der Waals surface area contributed by atoms with E-state index in [4.69, 9.17) is 11.5 Å². The molecule has 22 heavy (non-hydrogen) atoms. The van der Waals surface area contributed by atoms with Crippen LogP contribution in [0.4, 0.5) is 0 Å². The Kier molecular flexibility index (Phi) is 5.57. The van der Waals surface area contributed by atoms with Gasteiger partial charge in [0.05, 0.1) is 0 Å². The molecule has 0 aromatic heterocycles. The van der Waals surface area contributed by atoms with Crippen molar-refractivity contribution in [2.75, 3.05) is 0 Å². The smallest absolute Gasteiger partial charge is 0.0491 e. The van der Waals surface area contributed by atoms with Gasteiger partial charge >= 0.3 is 0 Å². The predicted octanol–water partition coefficient (Wildman–Crippen LogP) is 0.862. The van der Waals surface area contributed by atoms with Crippen molar-refractivity contribution in [1.29, 1.82) is 0 Å². The van der Waals surface area contributed by atoms with Crippen LogP contribution in [0.3, 0.4) is 0 Å². The van der Waals surface area contributed by atoms with Gasteiger partial charge in [-0.15, -0.1) is 0 Å². The third-order valence-corrected chi connectivity index (χ3v) is 4.62. The van der Waals surface area contributed by atoms with Gasteiger partial charge in [0.25, 0.3) is 0 Å². The average molecular weight is 338 g/mol. The van der Waals surface area contributed by atoms with Crippen LogP contribution in [0.15, 0.2) is 58.3 Å². The Morgan fingerprint density at radius 1 is 0.682 bits per heavy atom. The van der Waals surface area contributed by atoms with Gasteiger partial charge in [-0.25, -0.2) is 0 Å². The molecule has 0 heterocycles. The summed E-state index contributed by atoms with van der Waals surface area (Å²) < 4.78 is 43.3. The second-order valence-corrected chi connectivity index (χ2v) is 6.54. The molecular formula is C14H14N2O4S2-2. The molecule has 0 radical (unpaired) electrons. The van der Waals surface area contributed by atoms with Crippen LogP contribution in [0.1, 0.15) is 23.2 Å². The Bertz CT molecular complexity index is 627. The topological polar surface area (TPSA) is 132 Å². The molecule has 0 bridgehead atoms. The van der Waals surface area contributed by atoms with Crippen molar-refractivity contribution in [3.05, 3.63) is 59.7 Å². The normalized spacial score (nSPS) is 16.7. The second-order valence-electron chi connectivity index (χ2n) is 4.66. The van der Waals surface area contributed by atoms with Crippen LogP contribution < -0.4 is 11.5 Å². The van der Waals surface area contributed by atoms with Crippen LogP contribution in [0.5, 0.6) is 0 Å². The lowest BCUT2D eigenvalue weighted by atomic mass is 9.95. The molecule has 0 saturated heterocycles. The van der Waals surface area contributed by atoms with Gasteiger partial charge in [0.2, 0.25) is 0 Å². The highest BCUT2D eigenvalue weighted by Gasteiger charge is 2.17. The van der Waals surface area contributed by atoms with Crippen LogP contribution in [0.2, 0.25) is 0 Å². The molecule has 0 amide bonds. The summed E-state index contributed by atoms with van der Waals surface area (Å²) >= 11 is -4.57. The Labute approximate surface area is 133 Å². The minimum Gasteiger partial charge on any atom is -0.768 e. The van der Waals surface area contributed by atoms with E-state index < -0.39 is 34.2 Å². The molecule has 0 aliphatic heterocycles. The molecule has 4 N–H and O–H groups in total. The number of rotatable bonds is 5. The van der Waals surface area contributed by atoms with Crippen molar-refractivity contribution < 1.29 is 17.5 Å². The molecule has 0 aliphatic rings. The third kappa shape index (κ3) is 3.86. The van der Waals surface area contributed by atoms with Gasteiger partial charge < -0.3 is 20.6 Å². The van der Waals surface area contributed by atoms with Crippen molar-refractivity contribution in [3.8, 4) is 0 Å². The van der Waals surface area contributed by atoms with E-state index in [-0.39, 0.29) is 9.79 Å². The second kappa shape index (κ2) is 7.23. The molecule has 118 valence electrons. The highest BCUT2D eigenvalue weighted by molar-refractivity contribution is 7.79. The van der Waals surface area contributed by atoms with Crippen molar-refractivity contribution in [3.63, 3.8) is 0 Å². The molecule has 4 unspecified atom stereocenters. The van der Waals surface area contributed by atoms with Crippen LogP contribution in [-0.2, 0) is 22.2 Å². The molecule has 8 heteroatoms. The van der Waals surface area contributed by atoms with Crippen molar-refractivity contribution in [2.45, 2.75) is 21.9 Å². The number of hydrogen-bond acceptors (Lipinski definition) is 6. The summed E-state index contributed by atoms with van der Waals surface area (Å²) in [6, 6.07) is 11.2. The standard InChI is InChI=1S/C14H16N2O4S2/c15-13(9-1-5-11(6-2-9)21(17)18)14(16)10-3-7-12(8-4-10)22(19)20/h1-8,13-14H,15-16H2,(H,17,18)(H,19,20)/p-2. The molecule has 0 spiro atoms. The van der Waals surface area contributed by atoms with Gasteiger partial charge in [-0.3, -0.25) is 8.42 Å². The maximum atomic E-state index is 10.8.